The summed E-state index contributed by atoms with van der Waals surface area (Å²) in [6.07, 6.45) is 0.836. The van der Waals surface area contributed by atoms with Gasteiger partial charge in [-0.05, 0) is 49.6 Å². The first-order valence-corrected chi connectivity index (χ1v) is 6.29. The normalized spacial score (nSPS) is 12.2. The maximum atomic E-state index is 10.6. The molecule has 1 atom stereocenters. The van der Waals surface area contributed by atoms with Gasteiger partial charge in [-0.3, -0.25) is 4.79 Å². The Hall–Kier alpha value is -1.59. The molecular formula is C14H22N2O3. The van der Waals surface area contributed by atoms with Gasteiger partial charge in [-0.25, -0.2) is 0 Å². The minimum atomic E-state index is -0.982. The summed E-state index contributed by atoms with van der Waals surface area (Å²) < 4.78 is 5.27. The lowest BCUT2D eigenvalue weighted by molar-refractivity contribution is -0.138. The number of aliphatic carboxylic acids is 1. The highest BCUT2D eigenvalue weighted by Crippen LogP contribution is 2.23. The van der Waals surface area contributed by atoms with Gasteiger partial charge in [-0.1, -0.05) is 6.07 Å². The molecule has 106 valence electrons. The monoisotopic (exact) mass is 266 g/mol. The van der Waals surface area contributed by atoms with Crippen LogP contribution in [0.1, 0.15) is 16.7 Å². The quantitative estimate of drug-likeness (QED) is 0.637. The fourth-order valence-corrected chi connectivity index (χ4v) is 1.91. The molecule has 0 saturated heterocycles. The first kappa shape index (κ1) is 15.5. The Labute approximate surface area is 113 Å². The van der Waals surface area contributed by atoms with Crippen LogP contribution in [0.5, 0.6) is 5.75 Å². The van der Waals surface area contributed by atoms with Crippen LogP contribution >= 0.6 is 0 Å². The number of hydrogen-bond donors (Lipinski definition) is 3. The van der Waals surface area contributed by atoms with E-state index in [1.807, 2.05) is 19.1 Å². The third kappa shape index (κ3) is 4.22. The molecular weight excluding hydrogens is 244 g/mol. The van der Waals surface area contributed by atoms with E-state index in [-0.39, 0.29) is 6.54 Å². The first-order valence-electron chi connectivity index (χ1n) is 6.29. The minimum absolute atomic E-state index is 0.281. The summed E-state index contributed by atoms with van der Waals surface area (Å²) in [7, 11) is 1.66. The van der Waals surface area contributed by atoms with Crippen molar-refractivity contribution >= 4 is 5.97 Å². The van der Waals surface area contributed by atoms with Crippen LogP contribution in [-0.2, 0) is 11.2 Å². The van der Waals surface area contributed by atoms with Gasteiger partial charge in [0, 0.05) is 6.54 Å². The zero-order chi connectivity index (χ0) is 14.4. The van der Waals surface area contributed by atoms with Gasteiger partial charge in [0.2, 0.25) is 0 Å². The molecule has 0 spiro atoms. The van der Waals surface area contributed by atoms with Crippen molar-refractivity contribution in [1.29, 1.82) is 0 Å². The number of nitrogens with two attached hydrogens (primary N) is 1. The van der Waals surface area contributed by atoms with Gasteiger partial charge >= 0.3 is 5.97 Å². The van der Waals surface area contributed by atoms with Gasteiger partial charge in [0.1, 0.15) is 11.8 Å². The van der Waals surface area contributed by atoms with E-state index in [0.717, 1.165) is 17.7 Å². The molecule has 0 amide bonds. The van der Waals surface area contributed by atoms with Crippen molar-refractivity contribution in [3.8, 4) is 5.75 Å². The van der Waals surface area contributed by atoms with Gasteiger partial charge in [0.25, 0.3) is 0 Å². The lowest BCUT2D eigenvalue weighted by atomic mass is 10.00. The van der Waals surface area contributed by atoms with E-state index in [1.165, 1.54) is 11.1 Å². The van der Waals surface area contributed by atoms with Crippen molar-refractivity contribution in [2.24, 2.45) is 5.73 Å². The number of carboxylic acid groups (broad SMARTS) is 1. The van der Waals surface area contributed by atoms with Crippen LogP contribution in [0.2, 0.25) is 0 Å². The van der Waals surface area contributed by atoms with Crippen LogP contribution in [-0.4, -0.2) is 37.3 Å². The number of ether oxygens (including phenoxy) is 1. The predicted molar refractivity (Wildman–Crippen MR) is 74.7 cm³/mol. The molecule has 4 N–H and O–H groups in total. The fourth-order valence-electron chi connectivity index (χ4n) is 1.91. The van der Waals surface area contributed by atoms with Crippen LogP contribution in [0, 0.1) is 13.8 Å². The van der Waals surface area contributed by atoms with Crippen LogP contribution in [0.25, 0.3) is 0 Å². The van der Waals surface area contributed by atoms with E-state index in [0.29, 0.717) is 6.54 Å². The molecule has 0 heterocycles. The summed E-state index contributed by atoms with van der Waals surface area (Å²) in [5.74, 6) is -0.0916. The molecule has 0 aromatic heterocycles. The number of methoxy groups -OCH3 is 1. The van der Waals surface area contributed by atoms with Crippen LogP contribution in [0.4, 0.5) is 0 Å². The van der Waals surface area contributed by atoms with Crippen molar-refractivity contribution in [3.63, 3.8) is 0 Å². The van der Waals surface area contributed by atoms with Gasteiger partial charge in [0.05, 0.1) is 7.11 Å². The lowest BCUT2D eigenvalue weighted by Crippen LogP contribution is -2.40. The lowest BCUT2D eigenvalue weighted by Gasteiger charge is -2.13. The van der Waals surface area contributed by atoms with E-state index < -0.39 is 12.0 Å². The Morgan fingerprint density at radius 3 is 2.68 bits per heavy atom. The largest absolute Gasteiger partial charge is 0.496 e. The summed E-state index contributed by atoms with van der Waals surface area (Å²) >= 11 is 0. The highest BCUT2D eigenvalue weighted by Gasteiger charge is 2.10. The van der Waals surface area contributed by atoms with Crippen molar-refractivity contribution in [1.82, 2.24) is 5.32 Å². The van der Waals surface area contributed by atoms with Crippen molar-refractivity contribution in [3.05, 3.63) is 28.8 Å². The molecule has 0 aliphatic carbocycles. The second kappa shape index (κ2) is 7.11. The molecule has 1 aromatic rings. The first-order chi connectivity index (χ1) is 8.97. The van der Waals surface area contributed by atoms with Gasteiger partial charge in [0.15, 0.2) is 0 Å². The molecule has 19 heavy (non-hydrogen) atoms. The van der Waals surface area contributed by atoms with Crippen LogP contribution in [0.15, 0.2) is 12.1 Å². The highest BCUT2D eigenvalue weighted by atomic mass is 16.5. The molecule has 0 radical (unpaired) electrons. The number of rotatable bonds is 7. The maximum absolute atomic E-state index is 10.6. The van der Waals surface area contributed by atoms with Gasteiger partial charge in [-0.15, -0.1) is 0 Å². The topological polar surface area (TPSA) is 84.6 Å². The van der Waals surface area contributed by atoms with Crippen LogP contribution in [0.3, 0.4) is 0 Å². The Kier molecular flexibility index (Phi) is 5.79. The summed E-state index contributed by atoms with van der Waals surface area (Å²) in [5.41, 5.74) is 8.99. The molecule has 1 unspecified atom stereocenters. The Balaban J connectivity index is 2.50. The molecule has 1 rings (SSSR count). The van der Waals surface area contributed by atoms with Crippen molar-refractivity contribution < 1.29 is 14.6 Å². The average molecular weight is 266 g/mol. The standard InChI is InChI=1S/C14H22N2O3/c1-9-10(2)13(19-3)5-4-11(9)6-7-16-8-12(15)14(17)18/h4-5,12,16H,6-8,15H2,1-3H3,(H,17,18). The number of carboxylic acids is 1. The summed E-state index contributed by atoms with van der Waals surface area (Å²) in [6, 6.07) is 3.15. The van der Waals surface area contributed by atoms with Gasteiger partial charge < -0.3 is 20.9 Å². The molecule has 0 fully saturated rings. The smallest absolute Gasteiger partial charge is 0.321 e. The molecule has 0 bridgehead atoms. The Morgan fingerprint density at radius 2 is 2.11 bits per heavy atom. The zero-order valence-corrected chi connectivity index (χ0v) is 11.7. The second-order valence-corrected chi connectivity index (χ2v) is 4.58. The summed E-state index contributed by atoms with van der Waals surface area (Å²) in [6.45, 7) is 5.08. The van der Waals surface area contributed by atoms with E-state index in [2.05, 4.69) is 12.2 Å². The van der Waals surface area contributed by atoms with Crippen molar-refractivity contribution in [2.75, 3.05) is 20.2 Å². The molecule has 5 nitrogen and oxygen atoms in total. The number of nitrogens with one attached hydrogen (secondary N) is 1. The van der Waals surface area contributed by atoms with Gasteiger partial charge in [-0.2, -0.15) is 0 Å². The molecule has 0 aliphatic heterocycles. The third-order valence-electron chi connectivity index (χ3n) is 3.32. The second-order valence-electron chi connectivity index (χ2n) is 4.58. The minimum Gasteiger partial charge on any atom is -0.496 e. The highest BCUT2D eigenvalue weighted by molar-refractivity contribution is 5.73. The fraction of sp³-hybridized carbons (Fsp3) is 0.500. The SMILES string of the molecule is COc1ccc(CCNCC(N)C(=O)O)c(C)c1C. The average Bonchev–Trinajstić information content (AvgIpc) is 2.39. The number of carbonyl (C=O) groups is 1. The molecule has 5 heteroatoms. The molecule has 0 saturated carbocycles. The predicted octanol–water partition coefficient (Wildman–Crippen LogP) is 0.856. The summed E-state index contributed by atoms with van der Waals surface area (Å²) in [5, 5.41) is 11.7. The molecule has 1 aromatic carbocycles. The maximum Gasteiger partial charge on any atom is 0.321 e. The van der Waals surface area contributed by atoms with E-state index in [4.69, 9.17) is 15.6 Å². The Morgan fingerprint density at radius 1 is 1.42 bits per heavy atom. The van der Waals surface area contributed by atoms with Crippen LogP contribution < -0.4 is 15.8 Å². The summed E-state index contributed by atoms with van der Waals surface area (Å²) in [4.78, 5) is 10.6. The van der Waals surface area contributed by atoms with E-state index >= 15 is 0 Å². The molecule has 0 aliphatic rings. The third-order valence-corrected chi connectivity index (χ3v) is 3.32. The van der Waals surface area contributed by atoms with E-state index in [9.17, 15) is 4.79 Å². The Bertz CT molecular complexity index is 447. The van der Waals surface area contributed by atoms with Crippen molar-refractivity contribution in [2.45, 2.75) is 26.3 Å². The number of benzene rings is 1. The number of hydrogen-bond acceptors (Lipinski definition) is 4. The zero-order valence-electron chi connectivity index (χ0n) is 11.7. The van der Waals surface area contributed by atoms with E-state index in [1.54, 1.807) is 7.11 Å².